The molecular formula is C23H19N. The van der Waals surface area contributed by atoms with E-state index in [9.17, 15) is 0 Å². The average Bonchev–Trinajstić information content (AvgIpc) is 2.67. The summed E-state index contributed by atoms with van der Waals surface area (Å²) < 4.78 is 0. The van der Waals surface area contributed by atoms with Gasteiger partial charge in [0.15, 0.2) is 0 Å². The standard InChI is InChI=1S/C23H19N/c1-3-11-19(12-4-1)23(20-13-5-2-6-14-20)24-22-17-9-15-18-10-7-8-16-21(18)22/h1-6,9-17H,7-8H2. The Bertz CT molecular complexity index is 942. The summed E-state index contributed by atoms with van der Waals surface area (Å²) in [5, 5.41) is 2.55. The molecule has 0 fully saturated rings. The molecule has 0 saturated carbocycles. The zero-order chi connectivity index (χ0) is 16.2. The third-order valence-electron chi connectivity index (χ3n) is 4.32. The van der Waals surface area contributed by atoms with Gasteiger partial charge in [-0.05, 0) is 24.1 Å². The molecular weight excluding hydrogens is 290 g/mol. The van der Waals surface area contributed by atoms with E-state index in [1.54, 1.807) is 0 Å². The Morgan fingerprint density at radius 3 is 1.92 bits per heavy atom. The molecule has 0 spiro atoms. The maximum Gasteiger partial charge on any atom is 0.0781 e. The number of benzene rings is 3. The third-order valence-corrected chi connectivity index (χ3v) is 4.32. The zero-order valence-electron chi connectivity index (χ0n) is 13.5. The van der Waals surface area contributed by atoms with Gasteiger partial charge in [0.05, 0.1) is 11.4 Å². The van der Waals surface area contributed by atoms with E-state index >= 15 is 0 Å². The summed E-state index contributed by atoms with van der Waals surface area (Å²) in [6.07, 6.45) is 6.82. The van der Waals surface area contributed by atoms with E-state index in [0.29, 0.717) is 0 Å². The van der Waals surface area contributed by atoms with Gasteiger partial charge in [-0.3, -0.25) is 0 Å². The minimum absolute atomic E-state index is 1.02. The lowest BCUT2D eigenvalue weighted by Gasteiger charge is -2.09. The van der Waals surface area contributed by atoms with Crippen molar-refractivity contribution >= 4 is 23.6 Å². The number of nitrogens with zero attached hydrogens (tertiary/aromatic N) is 1. The van der Waals surface area contributed by atoms with E-state index in [4.69, 9.17) is 4.99 Å². The van der Waals surface area contributed by atoms with Crippen molar-refractivity contribution in [2.24, 2.45) is 4.99 Å². The molecule has 3 aromatic rings. The van der Waals surface area contributed by atoms with Crippen molar-refractivity contribution in [1.82, 2.24) is 0 Å². The molecule has 0 radical (unpaired) electrons. The number of aliphatic imine (C=N–C) groups is 1. The van der Waals surface area contributed by atoms with Gasteiger partial charge >= 0.3 is 0 Å². The van der Waals surface area contributed by atoms with Crippen LogP contribution >= 0.6 is 0 Å². The van der Waals surface area contributed by atoms with Gasteiger partial charge in [-0.1, -0.05) is 84.9 Å². The van der Waals surface area contributed by atoms with Crippen LogP contribution in [0.5, 0.6) is 0 Å². The van der Waals surface area contributed by atoms with Crippen LogP contribution in [-0.2, 0) is 0 Å². The fourth-order valence-corrected chi connectivity index (χ4v) is 3.14. The van der Waals surface area contributed by atoms with E-state index in [2.05, 4.69) is 78.9 Å². The molecule has 0 heterocycles. The van der Waals surface area contributed by atoms with E-state index < -0.39 is 0 Å². The molecule has 1 aliphatic rings. The van der Waals surface area contributed by atoms with Crippen molar-refractivity contribution < 1.29 is 0 Å². The first-order chi connectivity index (χ1) is 11.9. The molecule has 0 atom stereocenters. The van der Waals surface area contributed by atoms with Gasteiger partial charge in [0.2, 0.25) is 0 Å². The maximum absolute atomic E-state index is 5.08. The Morgan fingerprint density at radius 2 is 1.25 bits per heavy atom. The van der Waals surface area contributed by atoms with E-state index in [0.717, 1.165) is 35.4 Å². The highest BCUT2D eigenvalue weighted by Crippen LogP contribution is 2.15. The summed E-state index contributed by atoms with van der Waals surface area (Å²) in [6, 6.07) is 27.2. The van der Waals surface area contributed by atoms with Crippen LogP contribution in [0.3, 0.4) is 0 Å². The quantitative estimate of drug-likeness (QED) is 0.643. The number of rotatable bonds is 3. The first kappa shape index (κ1) is 14.6. The molecule has 1 heteroatoms. The molecule has 116 valence electrons. The minimum Gasteiger partial charge on any atom is -0.247 e. The predicted molar refractivity (Wildman–Crippen MR) is 102 cm³/mol. The molecule has 1 nitrogen and oxygen atoms in total. The van der Waals surface area contributed by atoms with Gasteiger partial charge in [0.1, 0.15) is 0 Å². The van der Waals surface area contributed by atoms with Crippen molar-refractivity contribution in [3.8, 4) is 0 Å². The van der Waals surface area contributed by atoms with Crippen LogP contribution in [0.2, 0.25) is 0 Å². The van der Waals surface area contributed by atoms with Gasteiger partial charge in [-0.2, -0.15) is 0 Å². The second-order valence-electron chi connectivity index (χ2n) is 5.96. The van der Waals surface area contributed by atoms with E-state index in [-0.39, 0.29) is 0 Å². The molecule has 0 N–H and O–H groups in total. The van der Waals surface area contributed by atoms with Crippen molar-refractivity contribution in [3.05, 3.63) is 100 Å². The van der Waals surface area contributed by atoms with Gasteiger partial charge in [-0.15, -0.1) is 0 Å². The van der Waals surface area contributed by atoms with Crippen molar-refractivity contribution in [2.75, 3.05) is 0 Å². The SMILES string of the molecule is C1=c2cccc(N=C(c3ccccc3)c3ccccc3)c2=CCC1. The summed E-state index contributed by atoms with van der Waals surface area (Å²) >= 11 is 0. The van der Waals surface area contributed by atoms with Crippen LogP contribution in [0.1, 0.15) is 24.0 Å². The van der Waals surface area contributed by atoms with Crippen LogP contribution in [0.25, 0.3) is 12.2 Å². The molecule has 1 aliphatic carbocycles. The average molecular weight is 309 g/mol. The second-order valence-corrected chi connectivity index (χ2v) is 5.96. The normalized spacial score (nSPS) is 12.5. The highest BCUT2D eigenvalue weighted by molar-refractivity contribution is 6.13. The van der Waals surface area contributed by atoms with Crippen molar-refractivity contribution in [2.45, 2.75) is 12.8 Å². The first-order valence-corrected chi connectivity index (χ1v) is 8.41. The molecule has 4 rings (SSSR count). The molecule has 24 heavy (non-hydrogen) atoms. The minimum atomic E-state index is 1.02. The van der Waals surface area contributed by atoms with Crippen LogP contribution in [-0.4, -0.2) is 5.71 Å². The summed E-state index contributed by atoms with van der Waals surface area (Å²) in [5.74, 6) is 0. The highest BCUT2D eigenvalue weighted by Gasteiger charge is 2.08. The largest absolute Gasteiger partial charge is 0.247 e. The smallest absolute Gasteiger partial charge is 0.0781 e. The van der Waals surface area contributed by atoms with Crippen LogP contribution < -0.4 is 10.4 Å². The van der Waals surface area contributed by atoms with Gasteiger partial charge in [-0.25, -0.2) is 4.99 Å². The predicted octanol–water partition coefficient (Wildman–Crippen LogP) is 4.21. The summed E-state index contributed by atoms with van der Waals surface area (Å²) in [5.41, 5.74) is 4.34. The van der Waals surface area contributed by atoms with E-state index in [1.165, 1.54) is 10.4 Å². The topological polar surface area (TPSA) is 12.4 Å². The Hall–Kier alpha value is -2.93. The van der Waals surface area contributed by atoms with Gasteiger partial charge in [0.25, 0.3) is 0 Å². The fourth-order valence-electron chi connectivity index (χ4n) is 3.14. The third kappa shape index (κ3) is 2.93. The fraction of sp³-hybridized carbons (Fsp3) is 0.0870. The number of fused-ring (bicyclic) bond motifs is 1. The number of hydrogen-bond acceptors (Lipinski definition) is 1. The molecule has 0 aliphatic heterocycles. The summed E-state index contributed by atoms with van der Waals surface area (Å²) in [4.78, 5) is 5.08. The lowest BCUT2D eigenvalue weighted by molar-refractivity contribution is 1.11. The van der Waals surface area contributed by atoms with Gasteiger partial charge < -0.3 is 0 Å². The van der Waals surface area contributed by atoms with Crippen LogP contribution in [0.4, 0.5) is 5.69 Å². The molecule has 0 saturated heterocycles. The Labute approximate surface area is 142 Å². The highest BCUT2D eigenvalue weighted by atomic mass is 14.7. The lowest BCUT2D eigenvalue weighted by atomic mass is 10.0. The van der Waals surface area contributed by atoms with E-state index in [1.807, 2.05) is 12.1 Å². The zero-order valence-corrected chi connectivity index (χ0v) is 13.5. The molecule has 0 aromatic heterocycles. The van der Waals surface area contributed by atoms with Crippen molar-refractivity contribution in [3.63, 3.8) is 0 Å². The molecule has 0 amide bonds. The van der Waals surface area contributed by atoms with Crippen molar-refractivity contribution in [1.29, 1.82) is 0 Å². The molecule has 0 bridgehead atoms. The summed E-state index contributed by atoms with van der Waals surface area (Å²) in [6.45, 7) is 0. The summed E-state index contributed by atoms with van der Waals surface area (Å²) in [7, 11) is 0. The van der Waals surface area contributed by atoms with Crippen LogP contribution in [0.15, 0.2) is 83.9 Å². The monoisotopic (exact) mass is 309 g/mol. The Morgan fingerprint density at radius 1 is 0.625 bits per heavy atom. The second kappa shape index (κ2) is 6.67. The maximum atomic E-state index is 5.08. The lowest BCUT2D eigenvalue weighted by Crippen LogP contribution is -2.26. The Balaban J connectivity index is 1.94. The van der Waals surface area contributed by atoms with Crippen LogP contribution in [0, 0.1) is 0 Å². The number of hydrogen-bond donors (Lipinski definition) is 0. The Kier molecular flexibility index (Phi) is 4.07. The van der Waals surface area contributed by atoms with Gasteiger partial charge in [0, 0.05) is 16.3 Å². The molecule has 0 unspecified atom stereocenters. The molecule has 3 aromatic carbocycles. The first-order valence-electron chi connectivity index (χ1n) is 8.41.